The number of pyridine rings is 2. The van der Waals surface area contributed by atoms with Crippen LogP contribution in [-0.4, -0.2) is 63.8 Å². The van der Waals surface area contributed by atoms with Crippen LogP contribution in [0.3, 0.4) is 0 Å². The fraction of sp³-hybridized carbons (Fsp3) is 0.423. The van der Waals surface area contributed by atoms with Gasteiger partial charge in [-0.1, -0.05) is 6.58 Å². The zero-order valence-electron chi connectivity index (χ0n) is 20.4. The number of aromatic nitrogens is 3. The van der Waals surface area contributed by atoms with Gasteiger partial charge < -0.3 is 20.5 Å². The number of fused-ring (bicyclic) bond motifs is 1. The number of nitrogens with zero attached hydrogens (tertiary/aromatic N) is 5. The number of hydrogen-bond donors (Lipinski definition) is 2. The Morgan fingerprint density at radius 3 is 2.61 bits per heavy atom. The van der Waals surface area contributed by atoms with Crippen molar-refractivity contribution >= 4 is 28.3 Å². The quantitative estimate of drug-likeness (QED) is 0.388. The lowest BCUT2D eigenvalue weighted by atomic mass is 9.99. The summed E-state index contributed by atoms with van der Waals surface area (Å²) in [6, 6.07) is 2.95. The molecule has 0 atom stereocenters. The van der Waals surface area contributed by atoms with E-state index in [1.165, 1.54) is 6.20 Å². The fourth-order valence-corrected chi connectivity index (χ4v) is 4.94. The molecule has 3 N–H and O–H groups in total. The first kappa shape index (κ1) is 24.3. The molecule has 0 spiro atoms. The van der Waals surface area contributed by atoms with E-state index in [2.05, 4.69) is 38.4 Å². The number of anilines is 1. The molecule has 36 heavy (non-hydrogen) atoms. The molecule has 10 heteroatoms. The van der Waals surface area contributed by atoms with Gasteiger partial charge in [0.25, 0.3) is 0 Å². The van der Waals surface area contributed by atoms with Crippen LogP contribution in [0.5, 0.6) is 0 Å². The van der Waals surface area contributed by atoms with Gasteiger partial charge >= 0.3 is 6.18 Å². The van der Waals surface area contributed by atoms with Gasteiger partial charge in [0, 0.05) is 42.0 Å². The highest BCUT2D eigenvalue weighted by Gasteiger charge is 2.34. The van der Waals surface area contributed by atoms with Crippen LogP contribution in [0.25, 0.3) is 16.7 Å². The number of aromatic amines is 1. The van der Waals surface area contributed by atoms with Crippen LogP contribution in [0.1, 0.15) is 54.0 Å². The lowest BCUT2D eigenvalue weighted by Gasteiger charge is -2.37. The van der Waals surface area contributed by atoms with Gasteiger partial charge in [-0.25, -0.2) is 9.98 Å². The predicted octanol–water partition coefficient (Wildman–Crippen LogP) is 4.88. The third kappa shape index (κ3) is 4.69. The van der Waals surface area contributed by atoms with Crippen LogP contribution < -0.4 is 5.73 Å². The van der Waals surface area contributed by atoms with Crippen LogP contribution >= 0.6 is 0 Å². The van der Waals surface area contributed by atoms with E-state index in [4.69, 9.17) is 10.7 Å². The highest BCUT2D eigenvalue weighted by Crippen LogP contribution is 2.43. The van der Waals surface area contributed by atoms with E-state index >= 15 is 0 Å². The maximum Gasteiger partial charge on any atom is 0.431 e. The van der Waals surface area contributed by atoms with Crippen LogP contribution in [-0.2, 0) is 6.18 Å². The van der Waals surface area contributed by atoms with Gasteiger partial charge in [-0.2, -0.15) is 13.2 Å². The molecule has 1 saturated heterocycles. The van der Waals surface area contributed by atoms with Crippen LogP contribution in [0.15, 0.2) is 42.3 Å². The average molecular weight is 498 g/mol. The minimum Gasteiger partial charge on any atom is -0.397 e. The number of aliphatic imine (C=N–C) groups is 1. The second kappa shape index (κ2) is 9.24. The minimum absolute atomic E-state index is 0.142. The molecule has 2 aliphatic rings. The van der Waals surface area contributed by atoms with Crippen molar-refractivity contribution in [3.8, 4) is 0 Å². The molecule has 0 unspecified atom stereocenters. The number of nitrogens with two attached hydrogens (primary N) is 1. The first-order chi connectivity index (χ1) is 17.1. The lowest BCUT2D eigenvalue weighted by Crippen LogP contribution is -2.45. The van der Waals surface area contributed by atoms with E-state index in [1.54, 1.807) is 12.3 Å². The van der Waals surface area contributed by atoms with Crippen molar-refractivity contribution in [3.05, 3.63) is 59.7 Å². The van der Waals surface area contributed by atoms with Crippen LogP contribution in [0.4, 0.5) is 18.9 Å². The molecule has 5 rings (SSSR count). The maximum absolute atomic E-state index is 13.4. The van der Waals surface area contributed by atoms with Gasteiger partial charge in [-0.15, -0.1) is 0 Å². The van der Waals surface area contributed by atoms with Crippen molar-refractivity contribution in [2.75, 3.05) is 32.9 Å². The summed E-state index contributed by atoms with van der Waals surface area (Å²) in [5, 5.41) is 0.324. The van der Waals surface area contributed by atoms with E-state index in [0.717, 1.165) is 56.0 Å². The number of nitrogen functional groups attached to an aromatic ring is 1. The second-order valence-electron chi connectivity index (χ2n) is 9.80. The number of H-pyrrole nitrogens is 1. The molecule has 2 fully saturated rings. The van der Waals surface area contributed by atoms with E-state index in [0.29, 0.717) is 34.1 Å². The Labute approximate surface area is 207 Å². The molecule has 7 nitrogen and oxygen atoms in total. The Balaban J connectivity index is 1.61. The van der Waals surface area contributed by atoms with Gasteiger partial charge in [0.15, 0.2) is 0 Å². The van der Waals surface area contributed by atoms with Gasteiger partial charge in [-0.05, 0) is 69.4 Å². The normalized spacial score (nSPS) is 18.1. The number of likely N-dealkylation sites (tertiary alicyclic amines) is 1. The Bertz CT molecular complexity index is 1310. The molecule has 3 aromatic heterocycles. The molecular weight excluding hydrogens is 467 g/mol. The summed E-state index contributed by atoms with van der Waals surface area (Å²) in [7, 11) is 4.12. The SMILES string of the molecule is C=C(N=C(c1c(N)cncc1C1CC1)N(C)C1CCN(C)CC1)c1ccnc2[nH]c(C(F)(F)F)cc12. The monoisotopic (exact) mass is 497 g/mol. The van der Waals surface area contributed by atoms with Crippen molar-refractivity contribution in [2.24, 2.45) is 4.99 Å². The highest BCUT2D eigenvalue weighted by molar-refractivity contribution is 6.07. The van der Waals surface area contributed by atoms with Crippen LogP contribution in [0, 0.1) is 0 Å². The average Bonchev–Trinajstić information content (AvgIpc) is 3.58. The summed E-state index contributed by atoms with van der Waals surface area (Å²) < 4.78 is 40.1. The largest absolute Gasteiger partial charge is 0.431 e. The summed E-state index contributed by atoms with van der Waals surface area (Å²) in [4.78, 5) is 20.2. The van der Waals surface area contributed by atoms with E-state index in [1.807, 2.05) is 13.2 Å². The number of halogens is 3. The molecule has 1 aliphatic carbocycles. The summed E-state index contributed by atoms with van der Waals surface area (Å²) in [5.74, 6) is 1.06. The molecule has 3 aromatic rings. The molecular formula is C26H30F3N7. The summed E-state index contributed by atoms with van der Waals surface area (Å²) >= 11 is 0. The van der Waals surface area contributed by atoms with Gasteiger partial charge in [0.05, 0.1) is 17.6 Å². The summed E-state index contributed by atoms with van der Waals surface area (Å²) in [6.45, 7) is 6.11. The molecule has 0 bridgehead atoms. The Hall–Kier alpha value is -3.40. The molecule has 1 aliphatic heterocycles. The lowest BCUT2D eigenvalue weighted by molar-refractivity contribution is -0.140. The highest BCUT2D eigenvalue weighted by atomic mass is 19.4. The smallest absolute Gasteiger partial charge is 0.397 e. The molecule has 190 valence electrons. The maximum atomic E-state index is 13.4. The first-order valence-electron chi connectivity index (χ1n) is 12.1. The van der Waals surface area contributed by atoms with Crippen molar-refractivity contribution in [2.45, 2.75) is 43.8 Å². The standard InChI is InChI=1S/C26H30F3N7/c1-15(18-6-9-32-24-19(18)12-22(34-24)26(27,28)29)33-25(36(3)17-7-10-35(2)11-8-17)23-20(16-4-5-16)13-31-14-21(23)30/h6,9,12-14,16-17H,1,4-5,7-8,10-11,30H2,2-3H3,(H,32,34). The molecule has 0 amide bonds. The Morgan fingerprint density at radius 1 is 1.22 bits per heavy atom. The van der Waals surface area contributed by atoms with Crippen LogP contribution in [0.2, 0.25) is 0 Å². The number of amidine groups is 1. The van der Waals surface area contributed by atoms with Gasteiger partial charge in [0.2, 0.25) is 0 Å². The first-order valence-corrected chi connectivity index (χ1v) is 12.1. The number of nitrogens with one attached hydrogen (secondary N) is 1. The third-order valence-corrected chi connectivity index (χ3v) is 7.20. The number of alkyl halides is 3. The topological polar surface area (TPSA) is 86.4 Å². The van der Waals surface area contributed by atoms with E-state index < -0.39 is 11.9 Å². The van der Waals surface area contributed by atoms with E-state index in [9.17, 15) is 13.2 Å². The molecule has 0 aromatic carbocycles. The zero-order chi connectivity index (χ0) is 25.6. The summed E-state index contributed by atoms with van der Waals surface area (Å²) in [6.07, 6.45) is 4.52. The zero-order valence-corrected chi connectivity index (χ0v) is 20.4. The van der Waals surface area contributed by atoms with Crippen molar-refractivity contribution in [1.82, 2.24) is 24.8 Å². The molecule has 4 heterocycles. The third-order valence-electron chi connectivity index (χ3n) is 7.20. The second-order valence-corrected chi connectivity index (χ2v) is 9.80. The summed E-state index contributed by atoms with van der Waals surface area (Å²) in [5.41, 5.74) is 9.04. The van der Waals surface area contributed by atoms with Crippen molar-refractivity contribution < 1.29 is 13.2 Å². The Morgan fingerprint density at radius 2 is 1.94 bits per heavy atom. The fourth-order valence-electron chi connectivity index (χ4n) is 4.94. The molecule has 1 saturated carbocycles. The minimum atomic E-state index is -4.51. The van der Waals surface area contributed by atoms with Crippen molar-refractivity contribution in [1.29, 1.82) is 0 Å². The predicted molar refractivity (Wildman–Crippen MR) is 136 cm³/mol. The van der Waals surface area contributed by atoms with E-state index in [-0.39, 0.29) is 11.7 Å². The Kier molecular flexibility index (Phi) is 6.23. The number of rotatable bonds is 5. The van der Waals surface area contributed by atoms with Gasteiger partial charge in [-0.3, -0.25) is 4.98 Å². The molecule has 0 radical (unpaired) electrons. The van der Waals surface area contributed by atoms with Gasteiger partial charge in [0.1, 0.15) is 17.2 Å². The van der Waals surface area contributed by atoms with Crippen molar-refractivity contribution in [3.63, 3.8) is 0 Å². The number of hydrogen-bond acceptors (Lipinski definition) is 5. The number of piperidine rings is 1.